The maximum absolute atomic E-state index is 9.88. The maximum Gasteiger partial charge on any atom is 0.244 e. The van der Waals surface area contributed by atoms with Crippen LogP contribution < -0.4 is 24.7 Å². The predicted octanol–water partition coefficient (Wildman–Crippen LogP) is 2.72. The standard InChI is InChI=1S/C21H19N5O4/c1-27-14-8-12(9-15(28-2)19(14)29-3)16-13(10-22)20(23)30-21-17(16)18(25-26-21)11-4-6-24-7-5-11/h4-9,16H,23H2,1-3H3,(H,25,26)/t16-/m0/s1. The summed E-state index contributed by atoms with van der Waals surface area (Å²) >= 11 is 0. The first-order valence-electron chi connectivity index (χ1n) is 8.99. The monoisotopic (exact) mass is 405 g/mol. The molecule has 0 amide bonds. The van der Waals surface area contributed by atoms with Crippen LogP contribution in [0.4, 0.5) is 0 Å². The Morgan fingerprint density at radius 2 is 1.77 bits per heavy atom. The van der Waals surface area contributed by atoms with Crippen molar-refractivity contribution in [1.82, 2.24) is 15.2 Å². The third-order valence-corrected chi connectivity index (χ3v) is 4.93. The number of ether oxygens (including phenoxy) is 4. The van der Waals surface area contributed by atoms with Gasteiger partial charge in [-0.1, -0.05) is 0 Å². The number of nitrogens with one attached hydrogen (secondary N) is 1. The van der Waals surface area contributed by atoms with E-state index in [0.29, 0.717) is 39.9 Å². The molecule has 9 nitrogen and oxygen atoms in total. The summed E-state index contributed by atoms with van der Waals surface area (Å²) in [6.07, 6.45) is 3.35. The van der Waals surface area contributed by atoms with Crippen molar-refractivity contribution in [3.8, 4) is 40.5 Å². The van der Waals surface area contributed by atoms with Gasteiger partial charge in [-0.05, 0) is 29.8 Å². The first kappa shape index (κ1) is 19.1. The lowest BCUT2D eigenvalue weighted by molar-refractivity contribution is 0.323. The number of hydrogen-bond donors (Lipinski definition) is 2. The molecule has 2 aromatic heterocycles. The normalized spacial score (nSPS) is 15.1. The van der Waals surface area contributed by atoms with Gasteiger partial charge in [0.2, 0.25) is 17.5 Å². The first-order chi connectivity index (χ1) is 14.6. The summed E-state index contributed by atoms with van der Waals surface area (Å²) in [7, 11) is 4.60. The molecular weight excluding hydrogens is 386 g/mol. The fraction of sp³-hybridized carbons (Fsp3) is 0.190. The van der Waals surface area contributed by atoms with Gasteiger partial charge in [0.15, 0.2) is 11.5 Å². The van der Waals surface area contributed by atoms with Crippen LogP contribution in [0.25, 0.3) is 11.3 Å². The predicted molar refractivity (Wildman–Crippen MR) is 107 cm³/mol. The van der Waals surface area contributed by atoms with Crippen LogP contribution in [-0.2, 0) is 0 Å². The van der Waals surface area contributed by atoms with Crippen LogP contribution in [0, 0.1) is 11.3 Å². The van der Waals surface area contributed by atoms with Crippen molar-refractivity contribution in [3.05, 3.63) is 59.2 Å². The van der Waals surface area contributed by atoms with E-state index in [1.54, 1.807) is 24.5 Å². The van der Waals surface area contributed by atoms with Crippen molar-refractivity contribution in [2.45, 2.75) is 5.92 Å². The van der Waals surface area contributed by atoms with Gasteiger partial charge >= 0.3 is 0 Å². The summed E-state index contributed by atoms with van der Waals surface area (Å²) in [5, 5.41) is 17.1. The molecule has 0 bridgehead atoms. The molecule has 1 aliphatic rings. The van der Waals surface area contributed by atoms with Gasteiger partial charge in [0.05, 0.1) is 38.5 Å². The number of allylic oxidation sites excluding steroid dienone is 1. The molecule has 9 heteroatoms. The molecule has 3 N–H and O–H groups in total. The van der Waals surface area contributed by atoms with E-state index in [2.05, 4.69) is 21.3 Å². The number of fused-ring (bicyclic) bond motifs is 1. The van der Waals surface area contributed by atoms with Crippen molar-refractivity contribution in [3.63, 3.8) is 0 Å². The van der Waals surface area contributed by atoms with Gasteiger partial charge in [-0.15, -0.1) is 5.10 Å². The average molecular weight is 405 g/mol. The number of hydrogen-bond acceptors (Lipinski definition) is 8. The van der Waals surface area contributed by atoms with Crippen molar-refractivity contribution in [2.24, 2.45) is 5.73 Å². The minimum absolute atomic E-state index is 0.00321. The molecule has 0 radical (unpaired) electrons. The van der Waals surface area contributed by atoms with E-state index in [4.69, 9.17) is 24.7 Å². The summed E-state index contributed by atoms with van der Waals surface area (Å²) in [6, 6.07) is 9.43. The summed E-state index contributed by atoms with van der Waals surface area (Å²) < 4.78 is 22.0. The Bertz CT molecular complexity index is 1140. The smallest absolute Gasteiger partial charge is 0.244 e. The zero-order chi connectivity index (χ0) is 21.3. The highest BCUT2D eigenvalue weighted by Crippen LogP contribution is 2.49. The van der Waals surface area contributed by atoms with Crippen molar-refractivity contribution < 1.29 is 18.9 Å². The van der Waals surface area contributed by atoms with E-state index in [1.165, 1.54) is 21.3 Å². The van der Waals surface area contributed by atoms with Gasteiger partial charge in [-0.25, -0.2) is 0 Å². The number of rotatable bonds is 5. The quantitative estimate of drug-likeness (QED) is 0.663. The Balaban J connectivity index is 1.99. The summed E-state index contributed by atoms with van der Waals surface area (Å²) in [4.78, 5) is 4.06. The molecule has 0 fully saturated rings. The first-order valence-corrected chi connectivity index (χ1v) is 8.99. The Morgan fingerprint density at radius 3 is 2.33 bits per heavy atom. The highest BCUT2D eigenvalue weighted by atomic mass is 16.5. The highest BCUT2D eigenvalue weighted by molar-refractivity contribution is 5.71. The SMILES string of the molecule is COc1cc([C@H]2C(C#N)=C(N)Oc3n[nH]c(-c4ccncc4)c32)cc(OC)c1OC. The van der Waals surface area contributed by atoms with E-state index < -0.39 is 5.92 Å². The number of methoxy groups -OCH3 is 3. The number of nitrogens with zero attached hydrogens (tertiary/aromatic N) is 3. The number of H-pyrrole nitrogens is 1. The molecule has 152 valence electrons. The van der Waals surface area contributed by atoms with Crippen LogP contribution in [0.1, 0.15) is 17.0 Å². The summed E-state index contributed by atoms with van der Waals surface area (Å²) in [5.74, 6) is 1.12. The number of aromatic amines is 1. The Morgan fingerprint density at radius 1 is 1.10 bits per heavy atom. The Kier molecular flexibility index (Phi) is 4.90. The summed E-state index contributed by atoms with van der Waals surface area (Å²) in [6.45, 7) is 0. The molecule has 1 atom stereocenters. The van der Waals surface area contributed by atoms with Gasteiger partial charge in [-0.2, -0.15) is 5.26 Å². The molecule has 0 saturated heterocycles. The second kappa shape index (κ2) is 7.67. The number of pyridine rings is 1. The third-order valence-electron chi connectivity index (χ3n) is 4.93. The van der Waals surface area contributed by atoms with Crippen LogP contribution in [0.5, 0.6) is 23.1 Å². The molecular formula is C21H19N5O4. The van der Waals surface area contributed by atoms with E-state index in [0.717, 1.165) is 5.56 Å². The molecule has 1 aromatic carbocycles. The minimum Gasteiger partial charge on any atom is -0.493 e. The van der Waals surface area contributed by atoms with Crippen molar-refractivity contribution >= 4 is 0 Å². The van der Waals surface area contributed by atoms with Gasteiger partial charge < -0.3 is 24.7 Å². The molecule has 30 heavy (non-hydrogen) atoms. The second-order valence-electron chi connectivity index (χ2n) is 6.44. The van der Waals surface area contributed by atoms with E-state index in [-0.39, 0.29) is 11.5 Å². The molecule has 0 spiro atoms. The fourth-order valence-electron chi connectivity index (χ4n) is 3.59. The van der Waals surface area contributed by atoms with Crippen LogP contribution in [-0.4, -0.2) is 36.5 Å². The molecule has 1 aliphatic heterocycles. The molecule has 0 aliphatic carbocycles. The highest BCUT2D eigenvalue weighted by Gasteiger charge is 2.36. The largest absolute Gasteiger partial charge is 0.493 e. The summed E-state index contributed by atoms with van der Waals surface area (Å²) in [5.41, 5.74) is 9.26. The van der Waals surface area contributed by atoms with E-state index in [9.17, 15) is 5.26 Å². The van der Waals surface area contributed by atoms with E-state index in [1.807, 2.05) is 12.1 Å². The topological polar surface area (TPSA) is 128 Å². The van der Waals surface area contributed by atoms with Gasteiger partial charge in [0.1, 0.15) is 11.6 Å². The van der Waals surface area contributed by atoms with Crippen LogP contribution >= 0.6 is 0 Å². The third kappa shape index (κ3) is 2.95. The van der Waals surface area contributed by atoms with Crippen molar-refractivity contribution in [1.29, 1.82) is 5.26 Å². The molecule has 0 unspecified atom stereocenters. The van der Waals surface area contributed by atoms with Crippen molar-refractivity contribution in [2.75, 3.05) is 21.3 Å². The van der Waals surface area contributed by atoms with Crippen LogP contribution in [0.2, 0.25) is 0 Å². The average Bonchev–Trinajstić information content (AvgIpc) is 3.20. The molecule has 3 aromatic rings. The lowest BCUT2D eigenvalue weighted by Gasteiger charge is -2.25. The van der Waals surface area contributed by atoms with Crippen LogP contribution in [0.15, 0.2) is 48.1 Å². The van der Waals surface area contributed by atoms with Gasteiger partial charge in [-0.3, -0.25) is 10.1 Å². The number of benzene rings is 1. The zero-order valence-electron chi connectivity index (χ0n) is 16.6. The fourth-order valence-corrected chi connectivity index (χ4v) is 3.59. The van der Waals surface area contributed by atoms with Gasteiger partial charge in [0, 0.05) is 18.0 Å². The van der Waals surface area contributed by atoms with Crippen LogP contribution in [0.3, 0.4) is 0 Å². The second-order valence-corrected chi connectivity index (χ2v) is 6.44. The number of nitrogens with two attached hydrogens (primary N) is 1. The van der Waals surface area contributed by atoms with Gasteiger partial charge in [0.25, 0.3) is 0 Å². The Hall–Kier alpha value is -4.19. The molecule has 4 rings (SSSR count). The zero-order valence-corrected chi connectivity index (χ0v) is 16.6. The number of nitriles is 1. The maximum atomic E-state index is 9.88. The Labute approximate surface area is 172 Å². The lowest BCUT2D eigenvalue weighted by Crippen LogP contribution is -2.21. The molecule has 3 heterocycles. The van der Waals surface area contributed by atoms with E-state index >= 15 is 0 Å². The minimum atomic E-state index is -0.561. The molecule has 0 saturated carbocycles. The number of aromatic nitrogens is 3. The lowest BCUT2D eigenvalue weighted by atomic mass is 9.83.